The van der Waals surface area contributed by atoms with Crippen molar-refractivity contribution in [2.24, 2.45) is 0 Å². The lowest BCUT2D eigenvalue weighted by atomic mass is 9.95. The number of hydrogen-bond acceptors (Lipinski definition) is 4. The van der Waals surface area contributed by atoms with Crippen molar-refractivity contribution in [3.05, 3.63) is 0 Å². The van der Waals surface area contributed by atoms with Crippen LogP contribution in [0.15, 0.2) is 0 Å². The molecule has 0 aromatic heterocycles. The average molecular weight is 300 g/mol. The van der Waals surface area contributed by atoms with Crippen LogP contribution in [0.25, 0.3) is 0 Å². The summed E-state index contributed by atoms with van der Waals surface area (Å²) >= 11 is 0. The van der Waals surface area contributed by atoms with Crippen LogP contribution in [0.4, 0.5) is 0 Å². The predicted molar refractivity (Wildman–Crippen MR) is 88.7 cm³/mol. The molecule has 1 heterocycles. The minimum atomic E-state index is -0.110. The fraction of sp³-hybridized carbons (Fsp3) is 1.00. The van der Waals surface area contributed by atoms with Crippen LogP contribution >= 0.6 is 0 Å². The van der Waals surface area contributed by atoms with Gasteiger partial charge in [0, 0.05) is 18.7 Å². The van der Waals surface area contributed by atoms with Gasteiger partial charge in [0.25, 0.3) is 0 Å². The molecule has 0 aromatic carbocycles. The van der Waals surface area contributed by atoms with Crippen molar-refractivity contribution >= 4 is 0 Å². The topological polar surface area (TPSA) is 44.7 Å². The third-order valence-corrected chi connectivity index (χ3v) is 4.46. The maximum Gasteiger partial charge on any atom is 0.0701 e. The molecule has 2 atom stereocenters. The van der Waals surface area contributed by atoms with Gasteiger partial charge in [-0.3, -0.25) is 0 Å². The van der Waals surface area contributed by atoms with E-state index in [4.69, 9.17) is 4.74 Å². The normalized spacial score (nSPS) is 22.4. The van der Waals surface area contributed by atoms with Gasteiger partial charge in [-0.1, -0.05) is 13.3 Å². The predicted octanol–water partition coefficient (Wildman–Crippen LogP) is 2.41. The van der Waals surface area contributed by atoms with Crippen molar-refractivity contribution < 1.29 is 9.84 Å². The van der Waals surface area contributed by atoms with Crippen molar-refractivity contribution in [1.29, 1.82) is 0 Å². The molecular weight excluding hydrogens is 264 g/mol. The zero-order chi connectivity index (χ0) is 15.6. The summed E-state index contributed by atoms with van der Waals surface area (Å²) in [7, 11) is 2.19. The second-order valence-corrected chi connectivity index (χ2v) is 6.85. The molecule has 4 heteroatoms. The maximum absolute atomic E-state index is 9.55. The zero-order valence-corrected chi connectivity index (χ0v) is 14.4. The first kappa shape index (κ1) is 18.9. The molecule has 0 spiro atoms. The molecule has 0 amide bonds. The van der Waals surface area contributed by atoms with E-state index >= 15 is 0 Å². The molecule has 1 fully saturated rings. The smallest absolute Gasteiger partial charge is 0.0701 e. The first-order valence-electron chi connectivity index (χ1n) is 8.75. The third kappa shape index (κ3) is 8.15. The highest BCUT2D eigenvalue weighted by Gasteiger charge is 2.21. The molecule has 1 aliphatic heterocycles. The van der Waals surface area contributed by atoms with Crippen molar-refractivity contribution in [2.75, 3.05) is 39.9 Å². The molecule has 0 bridgehead atoms. The fourth-order valence-electron chi connectivity index (χ4n) is 2.94. The first-order valence-corrected chi connectivity index (χ1v) is 8.75. The summed E-state index contributed by atoms with van der Waals surface area (Å²) in [6.45, 7) is 8.61. The fourth-order valence-corrected chi connectivity index (χ4v) is 2.94. The molecule has 0 aromatic rings. The molecule has 1 saturated heterocycles. The van der Waals surface area contributed by atoms with E-state index in [1.165, 1.54) is 25.7 Å². The van der Waals surface area contributed by atoms with Crippen LogP contribution in [-0.2, 0) is 4.74 Å². The molecule has 0 saturated carbocycles. The molecule has 2 N–H and O–H groups in total. The second-order valence-electron chi connectivity index (χ2n) is 6.85. The number of rotatable bonds is 11. The molecule has 0 aliphatic carbocycles. The number of aliphatic hydroxyl groups excluding tert-OH is 1. The van der Waals surface area contributed by atoms with Gasteiger partial charge in [0.15, 0.2) is 0 Å². The minimum absolute atomic E-state index is 0.110. The lowest BCUT2D eigenvalue weighted by Crippen LogP contribution is -2.46. The number of likely N-dealkylation sites (N-methyl/N-ethyl adjacent to an activating group) is 1. The largest absolute Gasteiger partial charge is 0.394 e. The SMILES string of the molecule is CCCNC(C)(CO)CCCCN(C)CC1CCCCO1. The van der Waals surface area contributed by atoms with E-state index in [9.17, 15) is 5.11 Å². The average Bonchev–Trinajstić information content (AvgIpc) is 2.50. The van der Waals surface area contributed by atoms with Gasteiger partial charge in [0.1, 0.15) is 0 Å². The van der Waals surface area contributed by atoms with Crippen LogP contribution in [0.1, 0.15) is 58.8 Å². The minimum Gasteiger partial charge on any atom is -0.394 e. The lowest BCUT2D eigenvalue weighted by molar-refractivity contribution is -0.00169. The van der Waals surface area contributed by atoms with E-state index in [2.05, 4.69) is 31.1 Å². The van der Waals surface area contributed by atoms with E-state index in [0.717, 1.165) is 45.5 Å². The van der Waals surface area contributed by atoms with Gasteiger partial charge in [-0.05, 0) is 65.6 Å². The van der Waals surface area contributed by atoms with E-state index in [1.54, 1.807) is 0 Å². The Hall–Kier alpha value is -0.160. The molecule has 126 valence electrons. The monoisotopic (exact) mass is 300 g/mol. The number of nitrogens with one attached hydrogen (secondary N) is 1. The number of nitrogens with zero attached hydrogens (tertiary/aromatic N) is 1. The van der Waals surface area contributed by atoms with Gasteiger partial charge in [-0.25, -0.2) is 0 Å². The van der Waals surface area contributed by atoms with Gasteiger partial charge in [0.05, 0.1) is 12.7 Å². The quantitative estimate of drug-likeness (QED) is 0.575. The second kappa shape index (κ2) is 10.5. The molecule has 4 nitrogen and oxygen atoms in total. The number of hydrogen-bond donors (Lipinski definition) is 2. The Balaban J connectivity index is 2.11. The molecule has 21 heavy (non-hydrogen) atoms. The maximum atomic E-state index is 9.55. The van der Waals surface area contributed by atoms with Crippen LogP contribution in [0.5, 0.6) is 0 Å². The Kier molecular flexibility index (Phi) is 9.49. The van der Waals surface area contributed by atoms with Crippen LogP contribution in [0, 0.1) is 0 Å². The van der Waals surface area contributed by atoms with Crippen LogP contribution < -0.4 is 5.32 Å². The van der Waals surface area contributed by atoms with Gasteiger partial charge in [-0.15, -0.1) is 0 Å². The van der Waals surface area contributed by atoms with Crippen LogP contribution in [0.2, 0.25) is 0 Å². The molecule has 2 unspecified atom stereocenters. The Morgan fingerprint density at radius 1 is 1.33 bits per heavy atom. The Bertz CT molecular complexity index is 257. The number of unbranched alkanes of at least 4 members (excludes halogenated alkanes) is 1. The highest BCUT2D eigenvalue weighted by molar-refractivity contribution is 4.82. The molecular formula is C17H36N2O2. The molecule has 0 radical (unpaired) electrons. The highest BCUT2D eigenvalue weighted by atomic mass is 16.5. The van der Waals surface area contributed by atoms with E-state index in [0.29, 0.717) is 6.10 Å². The van der Waals surface area contributed by atoms with E-state index in [-0.39, 0.29) is 12.1 Å². The first-order chi connectivity index (χ1) is 10.1. The highest BCUT2D eigenvalue weighted by Crippen LogP contribution is 2.15. The zero-order valence-electron chi connectivity index (χ0n) is 14.4. The van der Waals surface area contributed by atoms with Crippen molar-refractivity contribution in [1.82, 2.24) is 10.2 Å². The van der Waals surface area contributed by atoms with Crippen molar-refractivity contribution in [3.8, 4) is 0 Å². The third-order valence-electron chi connectivity index (χ3n) is 4.46. The summed E-state index contributed by atoms with van der Waals surface area (Å²) in [6, 6.07) is 0. The summed E-state index contributed by atoms with van der Waals surface area (Å²) in [5, 5.41) is 13.0. The van der Waals surface area contributed by atoms with Crippen LogP contribution in [0.3, 0.4) is 0 Å². The summed E-state index contributed by atoms with van der Waals surface area (Å²) in [5.74, 6) is 0. The summed E-state index contributed by atoms with van der Waals surface area (Å²) in [5.41, 5.74) is -0.110. The Labute approximate surface area is 131 Å². The summed E-state index contributed by atoms with van der Waals surface area (Å²) in [6.07, 6.45) is 8.69. The summed E-state index contributed by atoms with van der Waals surface area (Å²) in [4.78, 5) is 2.39. The van der Waals surface area contributed by atoms with Crippen LogP contribution in [-0.4, -0.2) is 61.5 Å². The number of aliphatic hydroxyl groups is 1. The number of ether oxygens (including phenoxy) is 1. The standard InChI is InChI=1S/C17H36N2O2/c1-4-11-18-17(2,15-20)10-6-7-12-19(3)14-16-9-5-8-13-21-16/h16,18,20H,4-15H2,1-3H3. The van der Waals surface area contributed by atoms with Gasteiger partial charge in [0.2, 0.25) is 0 Å². The van der Waals surface area contributed by atoms with Gasteiger partial charge in [-0.2, -0.15) is 0 Å². The van der Waals surface area contributed by atoms with E-state index in [1.807, 2.05) is 0 Å². The summed E-state index contributed by atoms with van der Waals surface area (Å²) < 4.78 is 5.79. The van der Waals surface area contributed by atoms with E-state index < -0.39 is 0 Å². The Morgan fingerprint density at radius 2 is 2.14 bits per heavy atom. The molecule has 1 aliphatic rings. The molecule has 1 rings (SSSR count). The van der Waals surface area contributed by atoms with Crippen molar-refractivity contribution in [2.45, 2.75) is 70.4 Å². The Morgan fingerprint density at radius 3 is 2.76 bits per heavy atom. The lowest BCUT2D eigenvalue weighted by Gasteiger charge is -2.30. The van der Waals surface area contributed by atoms with Gasteiger partial charge < -0.3 is 20.1 Å². The van der Waals surface area contributed by atoms with Crippen molar-refractivity contribution in [3.63, 3.8) is 0 Å². The van der Waals surface area contributed by atoms with Gasteiger partial charge >= 0.3 is 0 Å².